The standard InChI is InChI=1S/C30H33NO5/c1-19-12-13-31(16-19)23(17-32)18-35-26-9-6-21(7-10-26)30-29(22-4-3-5-24(33)14-22)20(2)27-15-25(34)8-11-28(27)36-30/h3-11,14-15,19,23,30,32-34H,12-13,16-18H2,1-2H3. The zero-order valence-electron chi connectivity index (χ0n) is 20.7. The zero-order chi connectivity index (χ0) is 25.2. The minimum absolute atomic E-state index is 0.00725. The molecule has 5 rings (SSSR count). The van der Waals surface area contributed by atoms with Crippen molar-refractivity contribution in [2.24, 2.45) is 5.92 Å². The average molecular weight is 488 g/mol. The molecule has 2 heterocycles. The summed E-state index contributed by atoms with van der Waals surface area (Å²) in [6.07, 6.45) is 0.762. The molecule has 36 heavy (non-hydrogen) atoms. The third-order valence-corrected chi connectivity index (χ3v) is 7.24. The summed E-state index contributed by atoms with van der Waals surface area (Å²) in [4.78, 5) is 2.30. The molecule has 1 fully saturated rings. The fraction of sp³-hybridized carbons (Fsp3) is 0.333. The van der Waals surface area contributed by atoms with Crippen molar-refractivity contribution in [3.05, 3.63) is 83.4 Å². The highest BCUT2D eigenvalue weighted by molar-refractivity contribution is 5.95. The molecular formula is C30H33NO5. The number of phenolic OH excluding ortho intramolecular Hbond substituents is 2. The van der Waals surface area contributed by atoms with E-state index in [0.717, 1.165) is 53.1 Å². The lowest BCUT2D eigenvalue weighted by molar-refractivity contribution is 0.0975. The molecule has 0 bridgehead atoms. The molecule has 2 aliphatic rings. The topological polar surface area (TPSA) is 82.4 Å². The first-order valence-corrected chi connectivity index (χ1v) is 12.5. The number of phenols is 2. The summed E-state index contributed by atoms with van der Waals surface area (Å²) in [5.74, 6) is 2.45. The predicted octanol–water partition coefficient (Wildman–Crippen LogP) is 5.24. The fourth-order valence-electron chi connectivity index (χ4n) is 5.22. The number of nitrogens with zero attached hydrogens (tertiary/aromatic N) is 1. The molecule has 0 aliphatic carbocycles. The largest absolute Gasteiger partial charge is 0.508 e. The Hall–Kier alpha value is -3.48. The minimum atomic E-state index is -0.394. The number of ether oxygens (including phenoxy) is 2. The number of aliphatic hydroxyl groups excluding tert-OH is 1. The van der Waals surface area contributed by atoms with Gasteiger partial charge in [-0.05, 0) is 85.0 Å². The highest BCUT2D eigenvalue weighted by Gasteiger charge is 2.30. The molecule has 0 spiro atoms. The van der Waals surface area contributed by atoms with Gasteiger partial charge in [0.25, 0.3) is 0 Å². The summed E-state index contributed by atoms with van der Waals surface area (Å²) in [7, 11) is 0. The van der Waals surface area contributed by atoms with Gasteiger partial charge in [0.05, 0.1) is 12.6 Å². The molecule has 3 aromatic rings. The number of hydrogen-bond donors (Lipinski definition) is 3. The summed E-state index contributed by atoms with van der Waals surface area (Å²) >= 11 is 0. The molecule has 0 radical (unpaired) electrons. The Morgan fingerprint density at radius 1 is 1.03 bits per heavy atom. The van der Waals surface area contributed by atoms with Gasteiger partial charge in [-0.15, -0.1) is 0 Å². The first-order valence-electron chi connectivity index (χ1n) is 12.5. The van der Waals surface area contributed by atoms with Gasteiger partial charge < -0.3 is 24.8 Å². The second kappa shape index (κ2) is 10.2. The van der Waals surface area contributed by atoms with E-state index in [1.807, 2.05) is 43.3 Å². The molecule has 0 aromatic heterocycles. The van der Waals surface area contributed by atoms with Crippen LogP contribution in [0.15, 0.2) is 66.7 Å². The third kappa shape index (κ3) is 4.92. The van der Waals surface area contributed by atoms with E-state index in [9.17, 15) is 15.3 Å². The van der Waals surface area contributed by atoms with E-state index in [1.54, 1.807) is 30.3 Å². The lowest BCUT2D eigenvalue weighted by Gasteiger charge is -2.31. The van der Waals surface area contributed by atoms with Crippen molar-refractivity contribution in [3.63, 3.8) is 0 Å². The summed E-state index contributed by atoms with van der Waals surface area (Å²) < 4.78 is 12.5. The molecular weight excluding hydrogens is 454 g/mol. The summed E-state index contributed by atoms with van der Waals surface area (Å²) in [5, 5.41) is 30.1. The Balaban J connectivity index is 1.40. The van der Waals surface area contributed by atoms with E-state index >= 15 is 0 Å². The van der Waals surface area contributed by atoms with Gasteiger partial charge in [-0.25, -0.2) is 0 Å². The Bertz CT molecular complexity index is 1250. The van der Waals surface area contributed by atoms with Crippen molar-refractivity contribution in [1.29, 1.82) is 0 Å². The van der Waals surface area contributed by atoms with Crippen molar-refractivity contribution < 1.29 is 24.8 Å². The molecule has 0 amide bonds. The third-order valence-electron chi connectivity index (χ3n) is 7.24. The predicted molar refractivity (Wildman–Crippen MR) is 140 cm³/mol. The lowest BCUT2D eigenvalue weighted by atomic mass is 9.86. The quantitative estimate of drug-likeness (QED) is 0.423. The fourth-order valence-corrected chi connectivity index (χ4v) is 5.22. The Labute approximate surface area is 212 Å². The van der Waals surface area contributed by atoms with E-state index in [2.05, 4.69) is 11.8 Å². The number of aromatic hydroxyl groups is 2. The van der Waals surface area contributed by atoms with Crippen LogP contribution in [0.25, 0.3) is 11.1 Å². The Morgan fingerprint density at radius 3 is 2.50 bits per heavy atom. The van der Waals surface area contributed by atoms with Crippen LogP contribution in [0.5, 0.6) is 23.0 Å². The monoisotopic (exact) mass is 487 g/mol. The lowest BCUT2D eigenvalue weighted by Crippen LogP contribution is -2.40. The van der Waals surface area contributed by atoms with Crippen LogP contribution in [0.1, 0.15) is 43.1 Å². The normalized spacial score (nSPS) is 20.6. The van der Waals surface area contributed by atoms with Crippen LogP contribution in [0.3, 0.4) is 0 Å². The van der Waals surface area contributed by atoms with Crippen LogP contribution in [0.2, 0.25) is 0 Å². The second-order valence-electron chi connectivity index (χ2n) is 9.87. The van der Waals surface area contributed by atoms with Gasteiger partial charge in [0.2, 0.25) is 0 Å². The van der Waals surface area contributed by atoms with E-state index in [0.29, 0.717) is 18.3 Å². The number of aliphatic hydroxyl groups is 1. The van der Waals surface area contributed by atoms with E-state index in [-0.39, 0.29) is 24.1 Å². The molecule has 2 aliphatic heterocycles. The summed E-state index contributed by atoms with van der Waals surface area (Å²) in [5.41, 5.74) is 4.55. The maximum Gasteiger partial charge on any atom is 0.150 e. The number of rotatable bonds is 7. The van der Waals surface area contributed by atoms with E-state index < -0.39 is 6.10 Å². The molecule has 0 saturated carbocycles. The van der Waals surface area contributed by atoms with Crippen molar-refractivity contribution in [3.8, 4) is 23.0 Å². The van der Waals surface area contributed by atoms with Gasteiger partial charge in [-0.1, -0.05) is 31.2 Å². The number of allylic oxidation sites excluding steroid dienone is 1. The second-order valence-corrected chi connectivity index (χ2v) is 9.87. The van der Waals surface area contributed by atoms with Crippen LogP contribution in [0.4, 0.5) is 0 Å². The van der Waals surface area contributed by atoms with E-state index in [4.69, 9.17) is 9.47 Å². The molecule has 1 saturated heterocycles. The maximum absolute atomic E-state index is 10.1. The smallest absolute Gasteiger partial charge is 0.150 e. The highest BCUT2D eigenvalue weighted by atomic mass is 16.5. The summed E-state index contributed by atoms with van der Waals surface area (Å²) in [6.45, 7) is 6.76. The Kier molecular flexibility index (Phi) is 6.90. The molecule has 188 valence electrons. The van der Waals surface area contributed by atoms with Gasteiger partial charge in [-0.3, -0.25) is 4.90 Å². The van der Waals surface area contributed by atoms with Gasteiger partial charge in [0, 0.05) is 17.7 Å². The molecule has 3 aromatic carbocycles. The SMILES string of the molecule is CC1=C(c2cccc(O)c2)C(c2ccc(OCC(CO)N3CCC(C)C3)cc2)Oc2ccc(O)cc21. The maximum atomic E-state index is 10.1. The number of likely N-dealkylation sites (tertiary alicyclic amines) is 1. The Morgan fingerprint density at radius 2 is 1.81 bits per heavy atom. The first kappa shape index (κ1) is 24.2. The molecule has 6 nitrogen and oxygen atoms in total. The van der Waals surface area contributed by atoms with Crippen molar-refractivity contribution in [2.45, 2.75) is 32.4 Å². The molecule has 3 unspecified atom stereocenters. The zero-order valence-corrected chi connectivity index (χ0v) is 20.7. The number of hydrogen-bond acceptors (Lipinski definition) is 6. The van der Waals surface area contributed by atoms with E-state index in [1.165, 1.54) is 0 Å². The number of fused-ring (bicyclic) bond motifs is 1. The first-order chi connectivity index (χ1) is 17.4. The van der Waals surface area contributed by atoms with Crippen LogP contribution in [0, 0.1) is 5.92 Å². The van der Waals surface area contributed by atoms with Crippen molar-refractivity contribution in [2.75, 3.05) is 26.3 Å². The van der Waals surface area contributed by atoms with Gasteiger partial charge in [0.15, 0.2) is 0 Å². The van der Waals surface area contributed by atoms with Gasteiger partial charge in [0.1, 0.15) is 35.7 Å². The molecule has 6 heteroatoms. The molecule has 3 N–H and O–H groups in total. The van der Waals surface area contributed by atoms with Crippen LogP contribution < -0.4 is 9.47 Å². The number of benzene rings is 3. The van der Waals surface area contributed by atoms with Crippen LogP contribution >= 0.6 is 0 Å². The summed E-state index contributed by atoms with van der Waals surface area (Å²) in [6, 6.07) is 20.1. The van der Waals surface area contributed by atoms with Crippen molar-refractivity contribution >= 4 is 11.1 Å². The van der Waals surface area contributed by atoms with Crippen LogP contribution in [-0.2, 0) is 0 Å². The molecule has 3 atom stereocenters. The van der Waals surface area contributed by atoms with Crippen LogP contribution in [-0.4, -0.2) is 52.6 Å². The van der Waals surface area contributed by atoms with Gasteiger partial charge in [-0.2, -0.15) is 0 Å². The average Bonchev–Trinajstić information content (AvgIpc) is 3.31. The van der Waals surface area contributed by atoms with Gasteiger partial charge >= 0.3 is 0 Å². The van der Waals surface area contributed by atoms with Crippen molar-refractivity contribution in [1.82, 2.24) is 4.90 Å². The highest BCUT2D eigenvalue weighted by Crippen LogP contribution is 2.47. The minimum Gasteiger partial charge on any atom is -0.508 e.